The molecule has 2 aromatic carbocycles. The molecule has 176 valence electrons. The normalized spacial score (nSPS) is 12.1. The third-order valence-electron chi connectivity index (χ3n) is 5.31. The van der Waals surface area contributed by atoms with Gasteiger partial charge in [-0.3, -0.25) is 4.79 Å². The molecule has 0 saturated heterocycles. The van der Waals surface area contributed by atoms with Gasteiger partial charge in [0.2, 0.25) is 0 Å². The highest BCUT2D eigenvalue weighted by atomic mass is 19.4. The predicted octanol–water partition coefficient (Wildman–Crippen LogP) is 5.85. The van der Waals surface area contributed by atoms with Gasteiger partial charge >= 0.3 is 12.4 Å². The zero-order valence-electron chi connectivity index (χ0n) is 17.6. The Kier molecular flexibility index (Phi) is 6.49. The van der Waals surface area contributed by atoms with Crippen LogP contribution in [0.5, 0.6) is 5.75 Å². The van der Waals surface area contributed by atoms with E-state index in [9.17, 15) is 31.1 Å². The number of benzene rings is 2. The Balaban J connectivity index is 2.17. The van der Waals surface area contributed by atoms with Gasteiger partial charge < -0.3 is 15.0 Å². The maximum atomic E-state index is 13.4. The first kappa shape index (κ1) is 24.2. The summed E-state index contributed by atoms with van der Waals surface area (Å²) in [4.78, 5) is 11.9. The molecule has 4 nitrogen and oxygen atoms in total. The van der Waals surface area contributed by atoms with E-state index in [2.05, 4.69) is 0 Å². The molecule has 0 aliphatic carbocycles. The smallest absolute Gasteiger partial charge is 0.416 e. The van der Waals surface area contributed by atoms with Crippen LogP contribution in [0.3, 0.4) is 0 Å². The topological polar surface area (TPSA) is 57.2 Å². The standard InChI is InChI=1S/C23H20F6N2O2/c1-13-18(21(30)32)12-19(31(13)8-7-14-5-3-4-6-20(14)33-2)15-9-16(22(24,25)26)11-17(10-15)23(27,28)29/h3-6,9-12H,7-8H2,1-2H3,(H2,30,32). The number of aromatic nitrogens is 1. The molecule has 0 saturated carbocycles. The van der Waals surface area contributed by atoms with E-state index in [1.165, 1.54) is 24.7 Å². The second-order valence-electron chi connectivity index (χ2n) is 7.40. The van der Waals surface area contributed by atoms with Crippen molar-refractivity contribution in [3.8, 4) is 17.0 Å². The van der Waals surface area contributed by atoms with Gasteiger partial charge in [-0.15, -0.1) is 0 Å². The first-order chi connectivity index (χ1) is 15.3. The highest BCUT2D eigenvalue weighted by Crippen LogP contribution is 2.39. The third kappa shape index (κ3) is 5.15. The number of rotatable bonds is 6. The van der Waals surface area contributed by atoms with Gasteiger partial charge in [0.05, 0.1) is 23.8 Å². The summed E-state index contributed by atoms with van der Waals surface area (Å²) in [5.41, 5.74) is 3.33. The Labute approximate surface area is 185 Å². The van der Waals surface area contributed by atoms with Crippen molar-refractivity contribution in [2.75, 3.05) is 7.11 Å². The Morgan fingerprint density at radius 2 is 1.55 bits per heavy atom. The summed E-state index contributed by atoms with van der Waals surface area (Å²) in [5, 5.41) is 0. The SMILES string of the molecule is COc1ccccc1CCn1c(-c2cc(C(F)(F)F)cc(C(F)(F)F)c2)cc(C(N)=O)c1C. The number of carbonyl (C=O) groups excluding carboxylic acids is 1. The van der Waals surface area contributed by atoms with E-state index in [-0.39, 0.29) is 29.4 Å². The summed E-state index contributed by atoms with van der Waals surface area (Å²) in [6.07, 6.45) is -9.64. The molecule has 1 aromatic heterocycles. The summed E-state index contributed by atoms with van der Waals surface area (Å²) in [7, 11) is 1.48. The summed E-state index contributed by atoms with van der Waals surface area (Å²) in [5.74, 6) is -0.259. The molecule has 0 unspecified atom stereocenters. The number of ether oxygens (including phenoxy) is 1. The Morgan fingerprint density at radius 3 is 2.06 bits per heavy atom. The number of methoxy groups -OCH3 is 1. The number of alkyl halides is 6. The van der Waals surface area contributed by atoms with Gasteiger partial charge in [0.1, 0.15) is 5.75 Å². The van der Waals surface area contributed by atoms with E-state index >= 15 is 0 Å². The highest BCUT2D eigenvalue weighted by Gasteiger charge is 2.37. The summed E-state index contributed by atoms with van der Waals surface area (Å²) >= 11 is 0. The molecule has 0 aliphatic rings. The minimum absolute atomic E-state index is 0.0102. The van der Waals surface area contributed by atoms with Crippen molar-refractivity contribution >= 4 is 5.91 Å². The fourth-order valence-electron chi connectivity index (χ4n) is 3.67. The van der Waals surface area contributed by atoms with Crippen LogP contribution in [0.1, 0.15) is 32.7 Å². The van der Waals surface area contributed by atoms with E-state index in [1.54, 1.807) is 24.3 Å². The van der Waals surface area contributed by atoms with Crippen LogP contribution >= 0.6 is 0 Å². The van der Waals surface area contributed by atoms with Crippen molar-refractivity contribution in [1.82, 2.24) is 4.57 Å². The molecule has 0 atom stereocenters. The average molecular weight is 470 g/mol. The van der Waals surface area contributed by atoms with Gasteiger partial charge in [0.15, 0.2) is 0 Å². The van der Waals surface area contributed by atoms with Crippen LogP contribution in [0.2, 0.25) is 0 Å². The van der Waals surface area contributed by atoms with E-state index in [4.69, 9.17) is 10.5 Å². The van der Waals surface area contributed by atoms with Gasteiger partial charge in [-0.05, 0) is 54.8 Å². The monoisotopic (exact) mass is 470 g/mol. The van der Waals surface area contributed by atoms with Crippen LogP contribution in [0, 0.1) is 6.92 Å². The molecule has 33 heavy (non-hydrogen) atoms. The summed E-state index contributed by atoms with van der Waals surface area (Å²) < 4.78 is 86.9. The first-order valence-corrected chi connectivity index (χ1v) is 9.74. The maximum absolute atomic E-state index is 13.4. The van der Waals surface area contributed by atoms with Crippen LogP contribution in [-0.2, 0) is 25.3 Å². The van der Waals surface area contributed by atoms with Gasteiger partial charge in [-0.1, -0.05) is 18.2 Å². The lowest BCUT2D eigenvalue weighted by Gasteiger charge is -2.17. The number of primary amides is 1. The number of para-hydroxylation sites is 1. The lowest BCUT2D eigenvalue weighted by atomic mass is 10.0. The van der Waals surface area contributed by atoms with Crippen molar-refractivity contribution in [3.63, 3.8) is 0 Å². The zero-order valence-corrected chi connectivity index (χ0v) is 17.6. The lowest BCUT2D eigenvalue weighted by Crippen LogP contribution is -2.13. The number of hydrogen-bond acceptors (Lipinski definition) is 2. The van der Waals surface area contributed by atoms with E-state index < -0.39 is 29.4 Å². The predicted molar refractivity (Wildman–Crippen MR) is 110 cm³/mol. The number of nitrogens with two attached hydrogens (primary N) is 1. The van der Waals surface area contributed by atoms with E-state index in [0.717, 1.165) is 5.56 Å². The van der Waals surface area contributed by atoms with Crippen molar-refractivity contribution in [3.05, 3.63) is 76.5 Å². The molecule has 2 N–H and O–H groups in total. The quantitative estimate of drug-likeness (QED) is 0.460. The fraction of sp³-hybridized carbons (Fsp3) is 0.261. The average Bonchev–Trinajstić information content (AvgIpc) is 3.07. The molecule has 0 radical (unpaired) electrons. The first-order valence-electron chi connectivity index (χ1n) is 9.74. The Hall–Kier alpha value is -3.43. The fourth-order valence-corrected chi connectivity index (χ4v) is 3.67. The second kappa shape index (κ2) is 8.84. The van der Waals surface area contributed by atoms with E-state index in [0.29, 0.717) is 30.0 Å². The number of carbonyl (C=O) groups is 1. The molecule has 1 heterocycles. The van der Waals surface area contributed by atoms with Gasteiger partial charge in [-0.2, -0.15) is 26.3 Å². The van der Waals surface area contributed by atoms with Crippen molar-refractivity contribution in [1.29, 1.82) is 0 Å². The molecular weight excluding hydrogens is 450 g/mol. The number of hydrogen-bond donors (Lipinski definition) is 1. The van der Waals surface area contributed by atoms with Crippen LogP contribution in [0.4, 0.5) is 26.3 Å². The van der Waals surface area contributed by atoms with Gasteiger partial charge in [0.25, 0.3) is 5.91 Å². The molecule has 1 amide bonds. The minimum Gasteiger partial charge on any atom is -0.496 e. The third-order valence-corrected chi connectivity index (χ3v) is 5.31. The molecule has 10 heteroatoms. The maximum Gasteiger partial charge on any atom is 0.416 e. The Morgan fingerprint density at radius 1 is 0.970 bits per heavy atom. The zero-order chi connectivity index (χ0) is 24.6. The summed E-state index contributed by atoms with van der Waals surface area (Å²) in [6, 6.07) is 9.61. The highest BCUT2D eigenvalue weighted by molar-refractivity contribution is 5.95. The molecule has 0 aliphatic heterocycles. The van der Waals surface area contributed by atoms with Crippen molar-refractivity contribution < 1.29 is 35.9 Å². The number of amides is 1. The molecule has 0 fully saturated rings. The van der Waals surface area contributed by atoms with E-state index in [1.807, 2.05) is 0 Å². The lowest BCUT2D eigenvalue weighted by molar-refractivity contribution is -0.143. The van der Waals surface area contributed by atoms with Gasteiger partial charge in [0, 0.05) is 17.9 Å². The molecule has 3 aromatic rings. The van der Waals surface area contributed by atoms with Gasteiger partial charge in [-0.25, -0.2) is 0 Å². The molecule has 0 bridgehead atoms. The second-order valence-corrected chi connectivity index (χ2v) is 7.40. The van der Waals surface area contributed by atoms with Crippen LogP contribution in [-0.4, -0.2) is 17.6 Å². The van der Waals surface area contributed by atoms with Crippen molar-refractivity contribution in [2.24, 2.45) is 5.73 Å². The minimum atomic E-state index is -4.99. The van der Waals surface area contributed by atoms with Crippen molar-refractivity contribution in [2.45, 2.75) is 32.2 Å². The number of halogens is 6. The largest absolute Gasteiger partial charge is 0.496 e. The molecule has 0 spiro atoms. The van der Waals surface area contributed by atoms with Crippen LogP contribution in [0.25, 0.3) is 11.3 Å². The Bertz CT molecular complexity index is 1150. The molecule has 3 rings (SSSR count). The number of aryl methyl sites for hydroxylation is 1. The van der Waals surface area contributed by atoms with Crippen LogP contribution < -0.4 is 10.5 Å². The summed E-state index contributed by atoms with van der Waals surface area (Å²) in [6.45, 7) is 1.69. The molecular formula is C23H20F6N2O2. The number of nitrogens with zero attached hydrogens (tertiary/aromatic N) is 1. The van der Waals surface area contributed by atoms with Crippen LogP contribution in [0.15, 0.2) is 48.5 Å².